The van der Waals surface area contributed by atoms with E-state index in [1.54, 1.807) is 0 Å². The average Bonchev–Trinajstić information content (AvgIpc) is 3.24. The molecule has 1 saturated heterocycles. The maximum Gasteiger partial charge on any atom is 0.231 e. The van der Waals surface area contributed by atoms with Crippen LogP contribution in [0.1, 0.15) is 51.5 Å². The molecule has 2 heterocycles. The van der Waals surface area contributed by atoms with Gasteiger partial charge in [-0.3, -0.25) is 4.99 Å². The summed E-state index contributed by atoms with van der Waals surface area (Å²) in [7, 11) is 0. The monoisotopic (exact) mass is 419 g/mol. The molecule has 1 unspecified atom stereocenters. The second kappa shape index (κ2) is 11.4. The van der Waals surface area contributed by atoms with Crippen LogP contribution in [0.5, 0.6) is 11.5 Å². The second-order valence-corrected chi connectivity index (χ2v) is 8.20. The Morgan fingerprint density at radius 2 is 1.93 bits per heavy atom. The predicted molar refractivity (Wildman–Crippen MR) is 118 cm³/mol. The van der Waals surface area contributed by atoms with E-state index >= 15 is 0 Å². The van der Waals surface area contributed by atoms with Crippen LogP contribution in [0.25, 0.3) is 0 Å². The van der Waals surface area contributed by atoms with Crippen molar-refractivity contribution in [2.75, 3.05) is 46.2 Å². The van der Waals surface area contributed by atoms with Crippen molar-refractivity contribution in [3.8, 4) is 11.5 Å². The molecule has 0 aliphatic carbocycles. The molecule has 7 nitrogen and oxygen atoms in total. The third kappa shape index (κ3) is 5.79. The minimum absolute atomic E-state index is 0.0739. The second-order valence-electron chi connectivity index (χ2n) is 8.20. The van der Waals surface area contributed by atoms with Crippen molar-refractivity contribution in [1.29, 1.82) is 0 Å². The zero-order valence-electron chi connectivity index (χ0n) is 18.4. The van der Waals surface area contributed by atoms with Crippen molar-refractivity contribution in [3.05, 3.63) is 23.8 Å². The molecule has 0 amide bonds. The number of nitrogens with one attached hydrogen (secondary N) is 2. The van der Waals surface area contributed by atoms with Crippen LogP contribution >= 0.6 is 0 Å². The highest BCUT2D eigenvalue weighted by atomic mass is 16.7. The first-order valence-corrected chi connectivity index (χ1v) is 11.3. The summed E-state index contributed by atoms with van der Waals surface area (Å²) in [5.74, 6) is 2.92. The predicted octanol–water partition coefficient (Wildman–Crippen LogP) is 2.82. The fraction of sp³-hybridized carbons (Fsp3) is 0.696. The lowest BCUT2D eigenvalue weighted by atomic mass is 9.74. The van der Waals surface area contributed by atoms with Crippen LogP contribution in [-0.4, -0.2) is 57.3 Å². The van der Waals surface area contributed by atoms with Crippen LogP contribution in [0.15, 0.2) is 23.2 Å². The van der Waals surface area contributed by atoms with E-state index in [1.807, 2.05) is 6.07 Å². The number of aliphatic imine (C=N–C) groups is 1. The maximum atomic E-state index is 9.33. The van der Waals surface area contributed by atoms with Gasteiger partial charge in [0.25, 0.3) is 0 Å². The van der Waals surface area contributed by atoms with Crippen LogP contribution in [-0.2, 0) is 10.2 Å². The lowest BCUT2D eigenvalue weighted by Gasteiger charge is -2.36. The molecule has 1 atom stereocenters. The maximum absolute atomic E-state index is 9.33. The molecule has 0 radical (unpaired) electrons. The minimum atomic E-state index is -0.0739. The van der Waals surface area contributed by atoms with Crippen molar-refractivity contribution < 1.29 is 19.3 Å². The fourth-order valence-electron chi connectivity index (χ4n) is 4.28. The summed E-state index contributed by atoms with van der Waals surface area (Å²) in [6, 6.07) is 6.27. The number of ether oxygens (including phenoxy) is 3. The Kier molecular flexibility index (Phi) is 8.63. The molecule has 7 heteroatoms. The van der Waals surface area contributed by atoms with Gasteiger partial charge in [-0.1, -0.05) is 19.4 Å². The molecule has 0 aromatic heterocycles. The largest absolute Gasteiger partial charge is 0.454 e. The van der Waals surface area contributed by atoms with Crippen molar-refractivity contribution in [1.82, 2.24) is 10.6 Å². The lowest BCUT2D eigenvalue weighted by Crippen LogP contribution is -2.42. The number of nitrogens with zero attached hydrogens (tertiary/aromatic N) is 1. The third-order valence-electron chi connectivity index (χ3n) is 6.11. The normalized spacial score (nSPS) is 18.8. The van der Waals surface area contributed by atoms with Gasteiger partial charge in [-0.15, -0.1) is 0 Å². The number of fused-ring (bicyclic) bond motifs is 1. The third-order valence-corrected chi connectivity index (χ3v) is 6.11. The molecule has 3 N–H and O–H groups in total. The van der Waals surface area contributed by atoms with Gasteiger partial charge in [-0.05, 0) is 56.2 Å². The summed E-state index contributed by atoms with van der Waals surface area (Å²) >= 11 is 0. The molecule has 3 rings (SSSR count). The summed E-state index contributed by atoms with van der Waals surface area (Å²) in [6.45, 7) is 8.57. The Hall–Kier alpha value is -1.99. The van der Waals surface area contributed by atoms with E-state index in [-0.39, 0.29) is 18.8 Å². The van der Waals surface area contributed by atoms with Gasteiger partial charge in [0.15, 0.2) is 17.5 Å². The SMILES string of the molecule is CCCC(CCO)CNC(=NCC1(c2ccc3c(c2)OCO3)CCOCC1)NCC. The van der Waals surface area contributed by atoms with E-state index in [0.717, 1.165) is 75.9 Å². The quantitative estimate of drug-likeness (QED) is 0.400. The fourth-order valence-corrected chi connectivity index (χ4v) is 4.28. The van der Waals surface area contributed by atoms with Gasteiger partial charge in [0.2, 0.25) is 6.79 Å². The van der Waals surface area contributed by atoms with Crippen LogP contribution in [0, 0.1) is 5.92 Å². The zero-order chi connectivity index (χ0) is 21.2. The molecule has 2 aliphatic rings. The van der Waals surface area contributed by atoms with Crippen molar-refractivity contribution in [3.63, 3.8) is 0 Å². The van der Waals surface area contributed by atoms with Gasteiger partial charge in [-0.2, -0.15) is 0 Å². The summed E-state index contributed by atoms with van der Waals surface area (Å²) in [5.41, 5.74) is 1.16. The van der Waals surface area contributed by atoms with Crippen LogP contribution < -0.4 is 20.1 Å². The van der Waals surface area contributed by atoms with Crippen LogP contribution in [0.3, 0.4) is 0 Å². The number of hydrogen-bond donors (Lipinski definition) is 3. The van der Waals surface area contributed by atoms with Gasteiger partial charge in [0.05, 0.1) is 6.54 Å². The Morgan fingerprint density at radius 3 is 2.67 bits per heavy atom. The molecule has 1 aromatic rings. The Bertz CT molecular complexity index is 683. The standard InChI is InChI=1S/C23H37N3O4/c1-3-5-18(8-11-27)15-25-22(24-4-2)26-16-23(9-12-28-13-10-23)19-6-7-20-21(14-19)30-17-29-20/h6-7,14,18,27H,3-5,8-13,15-17H2,1-2H3,(H2,24,25,26). The summed E-state index contributed by atoms with van der Waals surface area (Å²) < 4.78 is 16.8. The van der Waals surface area contributed by atoms with Gasteiger partial charge < -0.3 is 30.0 Å². The topological polar surface area (TPSA) is 84.3 Å². The summed E-state index contributed by atoms with van der Waals surface area (Å²) in [4.78, 5) is 4.98. The number of aliphatic hydroxyl groups excluding tert-OH is 1. The van der Waals surface area contributed by atoms with E-state index < -0.39 is 0 Å². The Labute approximate surface area is 180 Å². The highest BCUT2D eigenvalue weighted by Gasteiger charge is 2.35. The Balaban J connectivity index is 1.74. The molecular weight excluding hydrogens is 382 g/mol. The zero-order valence-corrected chi connectivity index (χ0v) is 18.4. The number of hydrogen-bond acceptors (Lipinski definition) is 5. The van der Waals surface area contributed by atoms with Gasteiger partial charge >= 0.3 is 0 Å². The molecule has 0 spiro atoms. The highest BCUT2D eigenvalue weighted by Crippen LogP contribution is 2.41. The van der Waals surface area contributed by atoms with Crippen molar-refractivity contribution >= 4 is 5.96 Å². The minimum Gasteiger partial charge on any atom is -0.454 e. The molecule has 2 aliphatic heterocycles. The summed E-state index contributed by atoms with van der Waals surface area (Å²) in [6.07, 6.45) is 4.90. The van der Waals surface area contributed by atoms with Gasteiger partial charge in [-0.25, -0.2) is 0 Å². The lowest BCUT2D eigenvalue weighted by molar-refractivity contribution is 0.0530. The first-order valence-electron chi connectivity index (χ1n) is 11.3. The molecule has 1 aromatic carbocycles. The van der Waals surface area contributed by atoms with Gasteiger partial charge in [0, 0.05) is 38.3 Å². The molecular formula is C23H37N3O4. The first-order chi connectivity index (χ1) is 14.7. The van der Waals surface area contributed by atoms with E-state index in [2.05, 4.69) is 36.6 Å². The molecule has 1 fully saturated rings. The number of rotatable bonds is 10. The van der Waals surface area contributed by atoms with Crippen LogP contribution in [0.4, 0.5) is 0 Å². The van der Waals surface area contributed by atoms with Crippen molar-refractivity contribution in [2.24, 2.45) is 10.9 Å². The number of guanidine groups is 1. The Morgan fingerprint density at radius 1 is 1.13 bits per heavy atom. The smallest absolute Gasteiger partial charge is 0.231 e. The van der Waals surface area contributed by atoms with E-state index in [9.17, 15) is 5.11 Å². The first kappa shape index (κ1) is 22.7. The molecule has 30 heavy (non-hydrogen) atoms. The number of aliphatic hydroxyl groups is 1. The highest BCUT2D eigenvalue weighted by molar-refractivity contribution is 5.79. The van der Waals surface area contributed by atoms with Gasteiger partial charge in [0.1, 0.15) is 0 Å². The van der Waals surface area contributed by atoms with Crippen LogP contribution in [0.2, 0.25) is 0 Å². The van der Waals surface area contributed by atoms with E-state index in [4.69, 9.17) is 19.2 Å². The van der Waals surface area contributed by atoms with E-state index in [0.29, 0.717) is 12.5 Å². The van der Waals surface area contributed by atoms with E-state index in [1.165, 1.54) is 5.56 Å². The molecule has 0 saturated carbocycles. The summed E-state index contributed by atoms with van der Waals surface area (Å²) in [5, 5.41) is 16.2. The number of benzene rings is 1. The molecule has 168 valence electrons. The average molecular weight is 420 g/mol. The molecule has 0 bridgehead atoms. The van der Waals surface area contributed by atoms with Crippen molar-refractivity contribution in [2.45, 2.75) is 51.4 Å².